The normalized spacial score (nSPS) is 14.5. The van der Waals surface area contributed by atoms with Crippen molar-refractivity contribution in [2.75, 3.05) is 11.9 Å². The van der Waals surface area contributed by atoms with E-state index in [0.717, 1.165) is 29.7 Å². The van der Waals surface area contributed by atoms with E-state index < -0.39 is 0 Å². The molecule has 1 aromatic heterocycles. The molecule has 0 unspecified atom stereocenters. The molecule has 1 aliphatic carbocycles. The van der Waals surface area contributed by atoms with Gasteiger partial charge in [0.2, 0.25) is 0 Å². The number of allylic oxidation sites excluding steroid dienone is 1. The molecule has 0 saturated heterocycles. The van der Waals surface area contributed by atoms with Crippen LogP contribution in [0.15, 0.2) is 42.2 Å². The Bertz CT molecular complexity index is 696. The number of anilines is 1. The van der Waals surface area contributed by atoms with Gasteiger partial charge in [-0.1, -0.05) is 11.6 Å². The van der Waals surface area contributed by atoms with Gasteiger partial charge in [-0.3, -0.25) is 9.97 Å². The maximum absolute atomic E-state index is 5.35. The summed E-state index contributed by atoms with van der Waals surface area (Å²) in [7, 11) is 0. The highest BCUT2D eigenvalue weighted by molar-refractivity contribution is 7.80. The molecule has 1 aromatic carbocycles. The lowest BCUT2D eigenvalue weighted by Gasteiger charge is -2.14. The highest BCUT2D eigenvalue weighted by Gasteiger charge is 2.04. The van der Waals surface area contributed by atoms with Crippen LogP contribution < -0.4 is 10.6 Å². The molecular weight excluding hydrogens is 292 g/mol. The second-order valence-corrected chi connectivity index (χ2v) is 5.91. The Morgan fingerprint density at radius 2 is 2.00 bits per heavy atom. The molecule has 0 radical (unpaired) electrons. The van der Waals surface area contributed by atoms with E-state index in [4.69, 9.17) is 12.2 Å². The van der Waals surface area contributed by atoms with Crippen LogP contribution in [-0.2, 0) is 0 Å². The SMILES string of the molecule is S=C(NCCC1=CCCCC1)Nc1ccc2nccnc2c1. The number of fused-ring (bicyclic) bond motifs is 1. The summed E-state index contributed by atoms with van der Waals surface area (Å²) in [4.78, 5) is 8.56. The number of nitrogens with zero attached hydrogens (tertiary/aromatic N) is 2. The van der Waals surface area contributed by atoms with Gasteiger partial charge in [-0.05, 0) is 62.5 Å². The second-order valence-electron chi connectivity index (χ2n) is 5.50. The van der Waals surface area contributed by atoms with Crippen molar-refractivity contribution in [3.8, 4) is 0 Å². The number of nitrogens with one attached hydrogen (secondary N) is 2. The lowest BCUT2D eigenvalue weighted by molar-refractivity contribution is 0.669. The minimum absolute atomic E-state index is 0.652. The Hall–Kier alpha value is -2.01. The quantitative estimate of drug-likeness (QED) is 0.664. The topological polar surface area (TPSA) is 49.8 Å². The van der Waals surface area contributed by atoms with E-state index in [0.29, 0.717) is 5.11 Å². The molecule has 5 heteroatoms. The minimum Gasteiger partial charge on any atom is -0.362 e. The molecule has 3 rings (SSSR count). The Morgan fingerprint density at radius 1 is 1.14 bits per heavy atom. The summed E-state index contributed by atoms with van der Waals surface area (Å²) in [6.07, 6.45) is 12.0. The highest BCUT2D eigenvalue weighted by Crippen LogP contribution is 2.19. The fraction of sp³-hybridized carbons (Fsp3) is 0.353. The largest absolute Gasteiger partial charge is 0.362 e. The average molecular weight is 312 g/mol. The summed E-state index contributed by atoms with van der Waals surface area (Å²) >= 11 is 5.35. The maximum atomic E-state index is 5.35. The molecule has 22 heavy (non-hydrogen) atoms. The molecule has 0 fully saturated rings. The standard InChI is InChI=1S/C17H20N4S/c22-17(20-9-8-13-4-2-1-3-5-13)21-14-6-7-15-16(12-14)19-11-10-18-15/h4,6-7,10-12H,1-3,5,8-9H2,(H2,20,21,22). The Labute approximate surface area is 136 Å². The lowest BCUT2D eigenvalue weighted by atomic mass is 9.97. The first-order valence-electron chi connectivity index (χ1n) is 7.75. The predicted octanol–water partition coefficient (Wildman–Crippen LogP) is 3.81. The zero-order valence-corrected chi connectivity index (χ0v) is 13.3. The maximum Gasteiger partial charge on any atom is 0.170 e. The van der Waals surface area contributed by atoms with Crippen molar-refractivity contribution < 1.29 is 0 Å². The summed E-state index contributed by atoms with van der Waals surface area (Å²) in [6.45, 7) is 0.880. The molecule has 0 aliphatic heterocycles. The first-order chi connectivity index (χ1) is 10.8. The van der Waals surface area contributed by atoms with Crippen molar-refractivity contribution in [2.45, 2.75) is 32.1 Å². The van der Waals surface area contributed by atoms with Gasteiger partial charge in [-0.2, -0.15) is 0 Å². The Morgan fingerprint density at radius 3 is 2.82 bits per heavy atom. The molecule has 0 atom stereocenters. The van der Waals surface area contributed by atoms with E-state index in [1.54, 1.807) is 18.0 Å². The Kier molecular flexibility index (Phi) is 4.96. The van der Waals surface area contributed by atoms with Crippen LogP contribution in [0.1, 0.15) is 32.1 Å². The first-order valence-corrected chi connectivity index (χ1v) is 8.15. The summed E-state index contributed by atoms with van der Waals surface area (Å²) < 4.78 is 0. The summed E-state index contributed by atoms with van der Waals surface area (Å²) in [6, 6.07) is 5.87. The van der Waals surface area contributed by atoms with Crippen molar-refractivity contribution in [1.29, 1.82) is 0 Å². The van der Waals surface area contributed by atoms with Crippen molar-refractivity contribution in [1.82, 2.24) is 15.3 Å². The lowest BCUT2D eigenvalue weighted by Crippen LogP contribution is -2.29. The van der Waals surface area contributed by atoms with Crippen LogP contribution in [0.25, 0.3) is 11.0 Å². The third-order valence-electron chi connectivity index (χ3n) is 3.84. The van der Waals surface area contributed by atoms with E-state index in [1.807, 2.05) is 18.2 Å². The second kappa shape index (κ2) is 7.31. The summed E-state index contributed by atoms with van der Waals surface area (Å²) in [5.74, 6) is 0. The zero-order chi connectivity index (χ0) is 15.2. The monoisotopic (exact) mass is 312 g/mol. The summed E-state index contributed by atoms with van der Waals surface area (Å²) in [5.41, 5.74) is 4.24. The average Bonchev–Trinajstić information content (AvgIpc) is 2.56. The molecule has 2 N–H and O–H groups in total. The van der Waals surface area contributed by atoms with Crippen molar-refractivity contribution >= 4 is 34.1 Å². The number of rotatable bonds is 4. The van der Waals surface area contributed by atoms with Gasteiger partial charge in [0.25, 0.3) is 0 Å². The highest BCUT2D eigenvalue weighted by atomic mass is 32.1. The van der Waals surface area contributed by atoms with Gasteiger partial charge in [-0.15, -0.1) is 0 Å². The molecule has 2 aromatic rings. The van der Waals surface area contributed by atoms with Crippen LogP contribution in [0.3, 0.4) is 0 Å². The number of aromatic nitrogens is 2. The number of thiocarbonyl (C=S) groups is 1. The molecule has 114 valence electrons. The first kappa shape index (κ1) is 14.9. The van der Waals surface area contributed by atoms with Crippen LogP contribution in [0.2, 0.25) is 0 Å². The van der Waals surface area contributed by atoms with Gasteiger partial charge >= 0.3 is 0 Å². The van der Waals surface area contributed by atoms with E-state index in [9.17, 15) is 0 Å². The molecular formula is C17H20N4S. The molecule has 0 amide bonds. The van der Waals surface area contributed by atoms with Crippen LogP contribution in [0.5, 0.6) is 0 Å². The molecule has 0 bridgehead atoms. The van der Waals surface area contributed by atoms with Crippen molar-refractivity contribution in [3.05, 3.63) is 42.2 Å². The molecule has 0 saturated carbocycles. The smallest absolute Gasteiger partial charge is 0.170 e. The molecule has 1 aliphatic rings. The van der Waals surface area contributed by atoms with E-state index in [1.165, 1.54) is 25.7 Å². The fourth-order valence-electron chi connectivity index (χ4n) is 2.68. The third-order valence-corrected chi connectivity index (χ3v) is 4.09. The fourth-order valence-corrected chi connectivity index (χ4v) is 2.90. The van der Waals surface area contributed by atoms with Crippen LogP contribution in [0.4, 0.5) is 5.69 Å². The van der Waals surface area contributed by atoms with E-state index in [2.05, 4.69) is 26.7 Å². The number of hydrogen-bond acceptors (Lipinski definition) is 3. The zero-order valence-electron chi connectivity index (χ0n) is 12.5. The molecule has 1 heterocycles. The van der Waals surface area contributed by atoms with Gasteiger partial charge in [-0.25, -0.2) is 0 Å². The van der Waals surface area contributed by atoms with Gasteiger partial charge in [0, 0.05) is 24.6 Å². The number of hydrogen-bond donors (Lipinski definition) is 2. The predicted molar refractivity (Wildman–Crippen MR) is 94.9 cm³/mol. The van der Waals surface area contributed by atoms with Crippen LogP contribution >= 0.6 is 12.2 Å². The van der Waals surface area contributed by atoms with Crippen molar-refractivity contribution in [3.63, 3.8) is 0 Å². The van der Waals surface area contributed by atoms with Gasteiger partial charge in [0.05, 0.1) is 11.0 Å². The van der Waals surface area contributed by atoms with Crippen LogP contribution in [-0.4, -0.2) is 21.6 Å². The van der Waals surface area contributed by atoms with E-state index in [-0.39, 0.29) is 0 Å². The number of benzene rings is 1. The van der Waals surface area contributed by atoms with Crippen LogP contribution in [0, 0.1) is 0 Å². The van der Waals surface area contributed by atoms with Gasteiger partial charge in [0.15, 0.2) is 5.11 Å². The molecule has 0 spiro atoms. The van der Waals surface area contributed by atoms with Crippen molar-refractivity contribution in [2.24, 2.45) is 0 Å². The molecule has 4 nitrogen and oxygen atoms in total. The Balaban J connectivity index is 1.51. The summed E-state index contributed by atoms with van der Waals surface area (Å²) in [5, 5.41) is 7.13. The van der Waals surface area contributed by atoms with Gasteiger partial charge < -0.3 is 10.6 Å². The van der Waals surface area contributed by atoms with Gasteiger partial charge in [0.1, 0.15) is 0 Å². The van der Waals surface area contributed by atoms with E-state index >= 15 is 0 Å². The third kappa shape index (κ3) is 4.01. The minimum atomic E-state index is 0.652.